The first-order valence-corrected chi connectivity index (χ1v) is 9.40. The summed E-state index contributed by atoms with van der Waals surface area (Å²) in [5, 5.41) is 2.98. The molecule has 3 N–H and O–H groups in total. The molecule has 1 aromatic carbocycles. The third kappa shape index (κ3) is 4.08. The van der Waals surface area contributed by atoms with Gasteiger partial charge in [-0.05, 0) is 37.5 Å². The summed E-state index contributed by atoms with van der Waals surface area (Å²) in [6.07, 6.45) is 2.54. The van der Waals surface area contributed by atoms with E-state index in [1.807, 2.05) is 20.8 Å². The molecule has 0 spiro atoms. The highest BCUT2D eigenvalue weighted by Crippen LogP contribution is 2.26. The molecule has 0 aliphatic rings. The van der Waals surface area contributed by atoms with Gasteiger partial charge in [-0.1, -0.05) is 26.0 Å². The molecule has 0 bridgehead atoms. The summed E-state index contributed by atoms with van der Waals surface area (Å²) < 4.78 is 22.9. The maximum absolute atomic E-state index is 12.5. The maximum Gasteiger partial charge on any atom is 0.227 e. The highest BCUT2D eigenvalue weighted by Gasteiger charge is 2.34. The molecular weight excluding hydrogens is 300 g/mol. The minimum absolute atomic E-state index is 0.0558. The van der Waals surface area contributed by atoms with Gasteiger partial charge in [-0.3, -0.25) is 4.79 Å². The first kappa shape index (κ1) is 18.6. The van der Waals surface area contributed by atoms with E-state index in [-0.39, 0.29) is 16.8 Å². The van der Waals surface area contributed by atoms with Crippen LogP contribution in [-0.4, -0.2) is 27.1 Å². The summed E-state index contributed by atoms with van der Waals surface area (Å²) in [5.74, 6) is -0.0558. The van der Waals surface area contributed by atoms with Crippen LogP contribution in [0.5, 0.6) is 0 Å². The minimum Gasteiger partial charge on any atom is -0.349 e. The highest BCUT2D eigenvalue weighted by atomic mass is 32.2. The van der Waals surface area contributed by atoms with Gasteiger partial charge in [0.1, 0.15) is 0 Å². The molecule has 1 unspecified atom stereocenters. The lowest BCUT2D eigenvalue weighted by Gasteiger charge is -2.30. The lowest BCUT2D eigenvalue weighted by Crippen LogP contribution is -2.46. The second-order valence-electron chi connectivity index (χ2n) is 5.73. The number of carbonyl (C=O) groups excluding carboxylic acids is 1. The molecule has 0 fully saturated rings. The van der Waals surface area contributed by atoms with Crippen LogP contribution in [0.2, 0.25) is 0 Å². The molecule has 124 valence electrons. The van der Waals surface area contributed by atoms with Gasteiger partial charge in [-0.25, -0.2) is 8.42 Å². The van der Waals surface area contributed by atoms with Gasteiger partial charge < -0.3 is 11.1 Å². The highest BCUT2D eigenvalue weighted by molar-refractivity contribution is 7.90. The Kier molecular flexibility index (Phi) is 6.14. The molecule has 22 heavy (non-hydrogen) atoms. The number of rotatable bonds is 7. The first-order valence-electron chi connectivity index (χ1n) is 7.51. The minimum atomic E-state index is -3.21. The monoisotopic (exact) mass is 326 g/mol. The van der Waals surface area contributed by atoms with Crippen LogP contribution in [0.4, 0.5) is 0 Å². The number of sulfone groups is 1. The van der Waals surface area contributed by atoms with Crippen molar-refractivity contribution in [1.82, 2.24) is 5.32 Å². The third-order valence-electron chi connectivity index (χ3n) is 4.38. The molecule has 0 aromatic heterocycles. The van der Waals surface area contributed by atoms with Crippen molar-refractivity contribution in [2.24, 2.45) is 11.1 Å². The van der Waals surface area contributed by atoms with Crippen molar-refractivity contribution >= 4 is 15.7 Å². The molecular formula is C16H26N2O3S. The van der Waals surface area contributed by atoms with Gasteiger partial charge in [0.15, 0.2) is 9.84 Å². The van der Waals surface area contributed by atoms with Crippen LogP contribution in [0.1, 0.15) is 45.2 Å². The van der Waals surface area contributed by atoms with Crippen LogP contribution in [0.25, 0.3) is 0 Å². The SMILES string of the molecule is CCC(CC)(CN)C(=O)NC(C)c1ccc(S(C)(=O)=O)cc1. The third-order valence-corrected chi connectivity index (χ3v) is 5.51. The fourth-order valence-corrected chi connectivity index (χ4v) is 3.02. The van der Waals surface area contributed by atoms with Gasteiger partial charge in [0, 0.05) is 12.8 Å². The van der Waals surface area contributed by atoms with Crippen molar-refractivity contribution in [1.29, 1.82) is 0 Å². The van der Waals surface area contributed by atoms with Crippen LogP contribution in [-0.2, 0) is 14.6 Å². The predicted molar refractivity (Wildman–Crippen MR) is 88.2 cm³/mol. The largest absolute Gasteiger partial charge is 0.349 e. The Hall–Kier alpha value is -1.40. The summed E-state index contributed by atoms with van der Waals surface area (Å²) in [4.78, 5) is 12.8. The van der Waals surface area contributed by atoms with Crippen molar-refractivity contribution in [2.45, 2.75) is 44.6 Å². The zero-order chi connectivity index (χ0) is 17.0. The summed E-state index contributed by atoms with van der Waals surface area (Å²) >= 11 is 0. The van der Waals surface area contributed by atoms with E-state index in [9.17, 15) is 13.2 Å². The summed E-state index contributed by atoms with van der Waals surface area (Å²) in [6, 6.07) is 6.36. The average Bonchev–Trinajstić information content (AvgIpc) is 2.49. The first-order chi connectivity index (χ1) is 10.2. The van der Waals surface area contributed by atoms with E-state index in [0.717, 1.165) is 5.56 Å². The second-order valence-corrected chi connectivity index (χ2v) is 7.74. The van der Waals surface area contributed by atoms with E-state index < -0.39 is 15.3 Å². The lowest BCUT2D eigenvalue weighted by atomic mass is 9.81. The Labute approximate surface area is 133 Å². The van der Waals surface area contributed by atoms with Gasteiger partial charge in [-0.2, -0.15) is 0 Å². The summed E-state index contributed by atoms with van der Waals surface area (Å²) in [6.45, 7) is 6.11. The van der Waals surface area contributed by atoms with Crippen LogP contribution < -0.4 is 11.1 Å². The summed E-state index contributed by atoms with van der Waals surface area (Å²) in [5.41, 5.74) is 6.10. The number of benzene rings is 1. The number of amides is 1. The zero-order valence-electron chi connectivity index (χ0n) is 13.7. The molecule has 1 atom stereocenters. The Morgan fingerprint density at radius 3 is 2.09 bits per heavy atom. The fraction of sp³-hybridized carbons (Fsp3) is 0.562. The van der Waals surface area contributed by atoms with Gasteiger partial charge in [0.2, 0.25) is 5.91 Å². The topological polar surface area (TPSA) is 89.3 Å². The van der Waals surface area contributed by atoms with E-state index in [1.54, 1.807) is 24.3 Å². The van der Waals surface area contributed by atoms with Gasteiger partial charge >= 0.3 is 0 Å². The molecule has 5 nitrogen and oxygen atoms in total. The molecule has 0 heterocycles. The van der Waals surface area contributed by atoms with Crippen molar-refractivity contribution in [2.75, 3.05) is 12.8 Å². The van der Waals surface area contributed by atoms with E-state index in [1.165, 1.54) is 6.26 Å². The van der Waals surface area contributed by atoms with Crippen LogP contribution in [0, 0.1) is 5.41 Å². The quantitative estimate of drug-likeness (QED) is 0.802. The Balaban J connectivity index is 2.89. The number of hydrogen-bond acceptors (Lipinski definition) is 4. The van der Waals surface area contributed by atoms with Gasteiger partial charge in [0.25, 0.3) is 0 Å². The molecule has 1 amide bonds. The van der Waals surface area contributed by atoms with E-state index in [2.05, 4.69) is 5.32 Å². The molecule has 6 heteroatoms. The molecule has 0 aliphatic carbocycles. The van der Waals surface area contributed by atoms with Crippen molar-refractivity contribution < 1.29 is 13.2 Å². The van der Waals surface area contributed by atoms with E-state index in [0.29, 0.717) is 19.4 Å². The number of hydrogen-bond donors (Lipinski definition) is 2. The van der Waals surface area contributed by atoms with Crippen molar-refractivity contribution in [3.05, 3.63) is 29.8 Å². The van der Waals surface area contributed by atoms with Gasteiger partial charge in [0.05, 0.1) is 16.4 Å². The average molecular weight is 326 g/mol. The normalized spacial score (nSPS) is 13.7. The van der Waals surface area contributed by atoms with Gasteiger partial charge in [-0.15, -0.1) is 0 Å². The Morgan fingerprint density at radius 2 is 1.73 bits per heavy atom. The number of carbonyl (C=O) groups is 1. The lowest BCUT2D eigenvalue weighted by molar-refractivity contribution is -0.131. The Morgan fingerprint density at radius 1 is 1.23 bits per heavy atom. The molecule has 0 radical (unpaired) electrons. The van der Waals surface area contributed by atoms with Crippen LogP contribution >= 0.6 is 0 Å². The number of nitrogens with two attached hydrogens (primary N) is 1. The maximum atomic E-state index is 12.5. The Bertz CT molecular complexity index is 597. The molecule has 0 saturated carbocycles. The van der Waals surface area contributed by atoms with Crippen molar-refractivity contribution in [3.63, 3.8) is 0 Å². The van der Waals surface area contributed by atoms with E-state index >= 15 is 0 Å². The van der Waals surface area contributed by atoms with Crippen molar-refractivity contribution in [3.8, 4) is 0 Å². The molecule has 1 aromatic rings. The summed E-state index contributed by atoms with van der Waals surface area (Å²) in [7, 11) is -3.21. The molecule has 0 saturated heterocycles. The van der Waals surface area contributed by atoms with E-state index in [4.69, 9.17) is 5.73 Å². The molecule has 1 rings (SSSR count). The molecule has 0 aliphatic heterocycles. The smallest absolute Gasteiger partial charge is 0.227 e. The second kappa shape index (κ2) is 7.24. The predicted octanol–water partition coefficient (Wildman–Crippen LogP) is 2.03. The standard InChI is InChI=1S/C16H26N2O3S/c1-5-16(6-2,11-17)15(19)18-12(3)13-7-9-14(10-8-13)22(4,20)21/h7-10,12H,5-6,11,17H2,1-4H3,(H,18,19). The van der Waals surface area contributed by atoms with Crippen LogP contribution in [0.15, 0.2) is 29.2 Å². The fourth-order valence-electron chi connectivity index (χ4n) is 2.39. The van der Waals surface area contributed by atoms with Crippen LogP contribution in [0.3, 0.4) is 0 Å². The zero-order valence-corrected chi connectivity index (χ0v) is 14.5. The number of nitrogens with one attached hydrogen (secondary N) is 1.